The summed E-state index contributed by atoms with van der Waals surface area (Å²) in [5.74, 6) is 0. The third-order valence-electron chi connectivity index (χ3n) is 1.46. The Bertz CT molecular complexity index is 281. The predicted molar refractivity (Wildman–Crippen MR) is 44.5 cm³/mol. The predicted octanol–water partition coefficient (Wildman–Crippen LogP) is 2.71. The molecule has 0 aromatic carbocycles. The highest BCUT2D eigenvalue weighted by Crippen LogP contribution is 2.12. The van der Waals surface area contributed by atoms with Gasteiger partial charge in [-0.2, -0.15) is 0 Å². The minimum Gasteiger partial charge on any atom is -0.251 e. The minimum atomic E-state index is -2.50. The van der Waals surface area contributed by atoms with Crippen molar-refractivity contribution in [3.05, 3.63) is 29.7 Å². The molecular formula is C9H9F2N. The zero-order valence-electron chi connectivity index (χ0n) is 6.72. The summed E-state index contributed by atoms with van der Waals surface area (Å²) in [6, 6.07) is 0. The molecule has 0 saturated carbocycles. The number of rotatable bonds is 2. The first-order chi connectivity index (χ1) is 5.74. The third-order valence-corrected chi connectivity index (χ3v) is 1.46. The first kappa shape index (κ1) is 8.88. The fraction of sp³-hybridized carbons (Fsp3) is 0.333. The highest BCUT2D eigenvalue weighted by Gasteiger charge is 2.09. The molecule has 0 saturated heterocycles. The van der Waals surface area contributed by atoms with Crippen molar-refractivity contribution in [2.45, 2.75) is 19.8 Å². The summed E-state index contributed by atoms with van der Waals surface area (Å²) >= 11 is 0. The van der Waals surface area contributed by atoms with E-state index in [0.29, 0.717) is 12.1 Å². The van der Waals surface area contributed by atoms with Crippen molar-refractivity contribution < 1.29 is 8.78 Å². The van der Waals surface area contributed by atoms with E-state index in [1.807, 2.05) is 6.92 Å². The van der Waals surface area contributed by atoms with Crippen LogP contribution in [0.15, 0.2) is 34.6 Å². The summed E-state index contributed by atoms with van der Waals surface area (Å²) < 4.78 is 24.3. The Kier molecular flexibility index (Phi) is 2.94. The molecule has 64 valence electrons. The van der Waals surface area contributed by atoms with Gasteiger partial charge in [-0.15, -0.1) is 5.73 Å². The van der Waals surface area contributed by atoms with Gasteiger partial charge in [0.2, 0.25) is 0 Å². The van der Waals surface area contributed by atoms with Gasteiger partial charge < -0.3 is 0 Å². The summed E-state index contributed by atoms with van der Waals surface area (Å²) in [6.45, 7) is 1.87. The molecule has 0 fully saturated rings. The van der Waals surface area contributed by atoms with Crippen molar-refractivity contribution in [2.24, 2.45) is 4.99 Å². The molecule has 0 radical (unpaired) electrons. The molecule has 0 spiro atoms. The number of allylic oxidation sites excluding steroid dienone is 3. The van der Waals surface area contributed by atoms with Crippen LogP contribution in [0.1, 0.15) is 13.3 Å². The minimum absolute atomic E-state index is 0.187. The number of alkyl halides is 2. The van der Waals surface area contributed by atoms with Gasteiger partial charge in [-0.25, -0.2) is 8.78 Å². The van der Waals surface area contributed by atoms with E-state index in [1.165, 1.54) is 12.2 Å². The normalized spacial score (nSPS) is 16.0. The van der Waals surface area contributed by atoms with Gasteiger partial charge in [0.15, 0.2) is 0 Å². The Morgan fingerprint density at radius 1 is 1.58 bits per heavy atom. The van der Waals surface area contributed by atoms with E-state index in [2.05, 4.69) is 10.7 Å². The lowest BCUT2D eigenvalue weighted by Crippen LogP contribution is -1.97. The van der Waals surface area contributed by atoms with Gasteiger partial charge in [0.25, 0.3) is 6.43 Å². The monoisotopic (exact) mass is 169 g/mol. The zero-order valence-corrected chi connectivity index (χ0v) is 6.72. The van der Waals surface area contributed by atoms with Gasteiger partial charge in [0.1, 0.15) is 5.70 Å². The van der Waals surface area contributed by atoms with Crippen LogP contribution in [-0.2, 0) is 0 Å². The van der Waals surface area contributed by atoms with E-state index < -0.39 is 6.43 Å². The molecule has 1 heterocycles. The fourth-order valence-corrected chi connectivity index (χ4v) is 0.816. The van der Waals surface area contributed by atoms with Crippen LogP contribution in [-0.4, -0.2) is 12.1 Å². The highest BCUT2D eigenvalue weighted by molar-refractivity contribution is 5.95. The molecule has 3 heteroatoms. The van der Waals surface area contributed by atoms with E-state index in [1.54, 1.807) is 6.08 Å². The zero-order chi connectivity index (χ0) is 8.97. The van der Waals surface area contributed by atoms with E-state index in [-0.39, 0.29) is 5.70 Å². The molecule has 1 aliphatic rings. The molecule has 1 aliphatic heterocycles. The Balaban J connectivity index is 2.93. The fourth-order valence-electron chi connectivity index (χ4n) is 0.816. The molecule has 0 aromatic rings. The highest BCUT2D eigenvalue weighted by atomic mass is 19.3. The van der Waals surface area contributed by atoms with Crippen molar-refractivity contribution in [3.63, 3.8) is 0 Å². The standard InChI is InChI=1S/C9H9F2N/c1-2-7-5-3-4-6-8(12-7)9(10)11/h4-6,9H,2H2,1H3. The number of aliphatic imine (C=N–C) groups is 1. The van der Waals surface area contributed by atoms with Gasteiger partial charge in [-0.05, 0) is 18.6 Å². The largest absolute Gasteiger partial charge is 0.280 e. The Morgan fingerprint density at radius 3 is 2.92 bits per heavy atom. The average molecular weight is 169 g/mol. The second kappa shape index (κ2) is 3.98. The molecule has 0 amide bonds. The van der Waals surface area contributed by atoms with Crippen LogP contribution in [0.25, 0.3) is 0 Å². The van der Waals surface area contributed by atoms with Crippen LogP contribution in [0.3, 0.4) is 0 Å². The quantitative estimate of drug-likeness (QED) is 0.563. The molecule has 0 aromatic heterocycles. The maximum absolute atomic E-state index is 12.2. The van der Waals surface area contributed by atoms with Crippen LogP contribution < -0.4 is 0 Å². The lowest BCUT2D eigenvalue weighted by molar-refractivity contribution is 0.188. The summed E-state index contributed by atoms with van der Waals surface area (Å²) in [5, 5.41) is 0. The van der Waals surface area contributed by atoms with Crippen LogP contribution in [0.2, 0.25) is 0 Å². The first-order valence-corrected chi connectivity index (χ1v) is 3.72. The Morgan fingerprint density at radius 2 is 2.33 bits per heavy atom. The number of halogens is 2. The maximum atomic E-state index is 12.2. The van der Waals surface area contributed by atoms with Crippen molar-refractivity contribution in [2.75, 3.05) is 0 Å². The third kappa shape index (κ3) is 2.14. The molecule has 1 rings (SSSR count). The Hall–Kier alpha value is -1.21. The van der Waals surface area contributed by atoms with Gasteiger partial charge in [-0.1, -0.05) is 6.92 Å². The summed E-state index contributed by atoms with van der Waals surface area (Å²) in [5.41, 5.74) is 3.19. The number of hydrogen-bond donors (Lipinski definition) is 0. The van der Waals surface area contributed by atoms with E-state index >= 15 is 0 Å². The van der Waals surface area contributed by atoms with Gasteiger partial charge in [0.05, 0.1) is 0 Å². The van der Waals surface area contributed by atoms with Crippen LogP contribution in [0, 0.1) is 0 Å². The van der Waals surface area contributed by atoms with E-state index in [4.69, 9.17) is 0 Å². The van der Waals surface area contributed by atoms with Crippen LogP contribution >= 0.6 is 0 Å². The second-order valence-electron chi connectivity index (χ2n) is 2.33. The van der Waals surface area contributed by atoms with E-state index in [9.17, 15) is 8.78 Å². The number of hydrogen-bond acceptors (Lipinski definition) is 1. The Labute approximate surface area is 69.8 Å². The molecule has 0 aliphatic carbocycles. The lowest BCUT2D eigenvalue weighted by Gasteiger charge is -1.99. The summed E-state index contributed by atoms with van der Waals surface area (Å²) in [4.78, 5) is 3.77. The SMILES string of the molecule is CCC1=NC(C(F)F)=CC=C=C1. The van der Waals surface area contributed by atoms with Gasteiger partial charge in [0, 0.05) is 11.8 Å². The van der Waals surface area contributed by atoms with Crippen molar-refractivity contribution in [3.8, 4) is 0 Å². The smallest absolute Gasteiger partial charge is 0.251 e. The van der Waals surface area contributed by atoms with Gasteiger partial charge in [-0.3, -0.25) is 4.99 Å². The van der Waals surface area contributed by atoms with Crippen molar-refractivity contribution in [1.29, 1.82) is 0 Å². The molecule has 0 atom stereocenters. The van der Waals surface area contributed by atoms with E-state index in [0.717, 1.165) is 0 Å². The first-order valence-electron chi connectivity index (χ1n) is 3.72. The topological polar surface area (TPSA) is 12.4 Å². The van der Waals surface area contributed by atoms with Crippen LogP contribution in [0.4, 0.5) is 8.78 Å². The molecule has 0 N–H and O–H groups in total. The van der Waals surface area contributed by atoms with Gasteiger partial charge >= 0.3 is 0 Å². The molecule has 0 unspecified atom stereocenters. The molecule has 12 heavy (non-hydrogen) atoms. The maximum Gasteiger partial charge on any atom is 0.280 e. The lowest BCUT2D eigenvalue weighted by atomic mass is 10.3. The van der Waals surface area contributed by atoms with Crippen LogP contribution in [0.5, 0.6) is 0 Å². The number of nitrogens with zero attached hydrogens (tertiary/aromatic N) is 1. The molecule has 1 nitrogen and oxygen atoms in total. The average Bonchev–Trinajstić information content (AvgIpc) is 2.28. The second-order valence-corrected chi connectivity index (χ2v) is 2.33. The van der Waals surface area contributed by atoms with Crippen molar-refractivity contribution in [1.82, 2.24) is 0 Å². The van der Waals surface area contributed by atoms with Crippen molar-refractivity contribution >= 4 is 5.71 Å². The molecular weight excluding hydrogens is 160 g/mol. The summed E-state index contributed by atoms with van der Waals surface area (Å²) in [7, 11) is 0. The molecule has 0 bridgehead atoms. The summed E-state index contributed by atoms with van der Waals surface area (Å²) in [6.07, 6.45) is 2.49.